The Labute approximate surface area is 78.1 Å². The number of esters is 1. The number of carbonyl (C=O) groups is 1. The highest BCUT2D eigenvalue weighted by molar-refractivity contribution is 5.74. The number of aliphatic hydroxyl groups is 1. The van der Waals surface area contributed by atoms with Crippen molar-refractivity contribution in [3.63, 3.8) is 0 Å². The van der Waals surface area contributed by atoms with Crippen LogP contribution in [0.25, 0.3) is 0 Å². The molecule has 0 rings (SSSR count). The van der Waals surface area contributed by atoms with Crippen molar-refractivity contribution in [2.45, 2.75) is 38.7 Å². The third kappa shape index (κ3) is 6.12. The first kappa shape index (κ1) is 11.9. The molecular weight excluding hydrogens is 170 g/mol. The van der Waals surface area contributed by atoms with E-state index in [4.69, 9.17) is 15.1 Å². The molecule has 0 spiro atoms. The number of carbonyl (C=O) groups excluding carboxylic acids is 1. The highest BCUT2D eigenvalue weighted by atomic mass is 16.5. The highest BCUT2D eigenvalue weighted by Gasteiger charge is 2.15. The van der Waals surface area contributed by atoms with Crippen LogP contribution in [-0.4, -0.2) is 23.8 Å². The number of unbranched alkanes of at least 4 members (excludes halogenated alkanes) is 1. The second kappa shape index (κ2) is 7.56. The van der Waals surface area contributed by atoms with Gasteiger partial charge in [-0.1, -0.05) is 13.3 Å². The van der Waals surface area contributed by atoms with Crippen LogP contribution in [0.2, 0.25) is 0 Å². The Morgan fingerprint density at radius 3 is 2.92 bits per heavy atom. The van der Waals surface area contributed by atoms with E-state index in [2.05, 4.69) is 0 Å². The van der Waals surface area contributed by atoms with Crippen LogP contribution < -0.4 is 0 Å². The van der Waals surface area contributed by atoms with E-state index in [1.807, 2.05) is 13.0 Å². The fourth-order valence-corrected chi connectivity index (χ4v) is 0.732. The van der Waals surface area contributed by atoms with Gasteiger partial charge in [0.1, 0.15) is 0 Å². The van der Waals surface area contributed by atoms with Crippen LogP contribution in [0.3, 0.4) is 0 Å². The lowest BCUT2D eigenvalue weighted by Gasteiger charge is -2.07. The van der Waals surface area contributed by atoms with Crippen molar-refractivity contribution in [2.24, 2.45) is 0 Å². The van der Waals surface area contributed by atoms with Crippen molar-refractivity contribution < 1.29 is 14.6 Å². The fraction of sp³-hybridized carbons (Fsp3) is 0.778. The van der Waals surface area contributed by atoms with Crippen LogP contribution in [0.1, 0.15) is 32.6 Å². The monoisotopic (exact) mass is 185 g/mol. The summed E-state index contributed by atoms with van der Waals surface area (Å²) in [5.41, 5.74) is 0. The number of nitriles is 1. The number of nitrogens with zero attached hydrogens (tertiary/aromatic N) is 1. The largest absolute Gasteiger partial charge is 0.464 e. The highest BCUT2D eigenvalue weighted by Crippen LogP contribution is 1.99. The molecule has 0 aliphatic rings. The van der Waals surface area contributed by atoms with Gasteiger partial charge in [-0.2, -0.15) is 5.26 Å². The molecule has 1 atom stereocenters. The molecule has 0 unspecified atom stereocenters. The van der Waals surface area contributed by atoms with Crippen molar-refractivity contribution in [3.8, 4) is 6.07 Å². The van der Waals surface area contributed by atoms with E-state index in [9.17, 15) is 4.79 Å². The minimum atomic E-state index is -1.14. The summed E-state index contributed by atoms with van der Waals surface area (Å²) in [4.78, 5) is 10.9. The predicted octanol–water partition coefficient (Wildman–Crippen LogP) is 0.994. The summed E-state index contributed by atoms with van der Waals surface area (Å²) >= 11 is 0. The lowest BCUT2D eigenvalue weighted by molar-refractivity contribution is -0.153. The Hall–Kier alpha value is -1.08. The molecule has 0 aromatic carbocycles. The molecule has 13 heavy (non-hydrogen) atoms. The maximum Gasteiger partial charge on any atom is 0.334 e. The van der Waals surface area contributed by atoms with Gasteiger partial charge in [0.05, 0.1) is 12.7 Å². The van der Waals surface area contributed by atoms with Crippen LogP contribution in [-0.2, 0) is 9.53 Å². The standard InChI is InChI=1S/C9H15NO3/c1-2-3-7-13-9(12)8(11)5-4-6-10/h8,11H,2-5,7H2,1H3/t8-/m1/s1. The maximum absolute atomic E-state index is 10.9. The molecule has 0 fully saturated rings. The minimum Gasteiger partial charge on any atom is -0.464 e. The molecule has 0 aromatic heterocycles. The number of hydrogen-bond donors (Lipinski definition) is 1. The third-order valence-electron chi connectivity index (χ3n) is 1.54. The Bertz CT molecular complexity index is 186. The van der Waals surface area contributed by atoms with Gasteiger partial charge in [0.25, 0.3) is 0 Å². The van der Waals surface area contributed by atoms with E-state index < -0.39 is 12.1 Å². The number of hydrogen-bond acceptors (Lipinski definition) is 4. The molecule has 74 valence electrons. The van der Waals surface area contributed by atoms with Crippen LogP contribution in [0.4, 0.5) is 0 Å². The van der Waals surface area contributed by atoms with Gasteiger partial charge >= 0.3 is 5.97 Å². The van der Waals surface area contributed by atoms with Crippen LogP contribution in [0.15, 0.2) is 0 Å². The Morgan fingerprint density at radius 2 is 2.38 bits per heavy atom. The van der Waals surface area contributed by atoms with E-state index in [1.54, 1.807) is 0 Å². The van der Waals surface area contributed by atoms with E-state index in [0.717, 1.165) is 12.8 Å². The predicted molar refractivity (Wildman–Crippen MR) is 46.7 cm³/mol. The topological polar surface area (TPSA) is 70.3 Å². The lowest BCUT2D eigenvalue weighted by Crippen LogP contribution is -2.23. The van der Waals surface area contributed by atoms with Crippen molar-refractivity contribution in [3.05, 3.63) is 0 Å². The van der Waals surface area contributed by atoms with Crippen LogP contribution in [0, 0.1) is 11.3 Å². The smallest absolute Gasteiger partial charge is 0.334 e. The normalized spacial score (nSPS) is 11.8. The number of rotatable bonds is 6. The maximum atomic E-state index is 10.9. The number of ether oxygens (including phenoxy) is 1. The van der Waals surface area contributed by atoms with Crippen molar-refractivity contribution in [2.75, 3.05) is 6.61 Å². The van der Waals surface area contributed by atoms with Crippen molar-refractivity contribution in [1.29, 1.82) is 5.26 Å². The number of aliphatic hydroxyl groups excluding tert-OH is 1. The molecule has 4 heteroatoms. The molecule has 0 aliphatic carbocycles. The first-order valence-corrected chi connectivity index (χ1v) is 4.44. The molecule has 0 amide bonds. The first-order valence-electron chi connectivity index (χ1n) is 4.44. The minimum absolute atomic E-state index is 0.154. The van der Waals surface area contributed by atoms with Gasteiger partial charge < -0.3 is 9.84 Å². The summed E-state index contributed by atoms with van der Waals surface area (Å²) in [5.74, 6) is -0.622. The van der Waals surface area contributed by atoms with Crippen LogP contribution >= 0.6 is 0 Å². The summed E-state index contributed by atoms with van der Waals surface area (Å²) in [6.07, 6.45) is 0.931. The zero-order valence-corrected chi connectivity index (χ0v) is 7.82. The van der Waals surface area contributed by atoms with Gasteiger partial charge in [-0.05, 0) is 12.8 Å². The van der Waals surface area contributed by atoms with E-state index >= 15 is 0 Å². The summed E-state index contributed by atoms with van der Waals surface area (Å²) in [5, 5.41) is 17.3. The molecule has 0 saturated carbocycles. The average molecular weight is 185 g/mol. The average Bonchev–Trinajstić information content (AvgIpc) is 2.14. The van der Waals surface area contributed by atoms with E-state index in [0.29, 0.717) is 6.61 Å². The van der Waals surface area contributed by atoms with Gasteiger partial charge in [-0.3, -0.25) is 0 Å². The molecular formula is C9H15NO3. The van der Waals surface area contributed by atoms with Gasteiger partial charge in [0.15, 0.2) is 6.10 Å². The van der Waals surface area contributed by atoms with Crippen molar-refractivity contribution >= 4 is 5.97 Å². The molecule has 0 aliphatic heterocycles. The fourth-order valence-electron chi connectivity index (χ4n) is 0.732. The second-order valence-corrected chi connectivity index (χ2v) is 2.73. The third-order valence-corrected chi connectivity index (χ3v) is 1.54. The summed E-state index contributed by atoms with van der Waals surface area (Å²) < 4.78 is 4.74. The Morgan fingerprint density at radius 1 is 1.69 bits per heavy atom. The zero-order chi connectivity index (χ0) is 10.1. The van der Waals surface area contributed by atoms with Crippen LogP contribution in [0.5, 0.6) is 0 Å². The lowest BCUT2D eigenvalue weighted by atomic mass is 10.2. The molecule has 0 heterocycles. The molecule has 0 bridgehead atoms. The van der Waals surface area contributed by atoms with E-state index in [-0.39, 0.29) is 12.8 Å². The SMILES string of the molecule is CCCCOC(=O)[C@H](O)CCC#N. The summed E-state index contributed by atoms with van der Waals surface area (Å²) in [6, 6.07) is 1.85. The van der Waals surface area contributed by atoms with Gasteiger partial charge in [-0.25, -0.2) is 4.79 Å². The molecule has 0 radical (unpaired) electrons. The van der Waals surface area contributed by atoms with E-state index in [1.165, 1.54) is 0 Å². The zero-order valence-electron chi connectivity index (χ0n) is 7.82. The van der Waals surface area contributed by atoms with Gasteiger partial charge in [-0.15, -0.1) is 0 Å². The molecule has 1 N–H and O–H groups in total. The first-order chi connectivity index (χ1) is 6.22. The Kier molecular flexibility index (Phi) is 6.93. The van der Waals surface area contributed by atoms with Gasteiger partial charge in [0, 0.05) is 6.42 Å². The quantitative estimate of drug-likeness (QED) is 0.495. The molecule has 4 nitrogen and oxygen atoms in total. The van der Waals surface area contributed by atoms with Crippen molar-refractivity contribution in [1.82, 2.24) is 0 Å². The summed E-state index contributed by atoms with van der Waals surface area (Å²) in [7, 11) is 0. The molecule has 0 aromatic rings. The second-order valence-electron chi connectivity index (χ2n) is 2.73. The summed E-state index contributed by atoms with van der Waals surface area (Å²) in [6.45, 7) is 2.33. The molecule has 0 saturated heterocycles. The Balaban J connectivity index is 3.52. The van der Waals surface area contributed by atoms with Gasteiger partial charge in [0.2, 0.25) is 0 Å².